The molecule has 1 amide bonds. The summed E-state index contributed by atoms with van der Waals surface area (Å²) >= 11 is 9.24. The minimum atomic E-state index is -3.53. The van der Waals surface area contributed by atoms with Crippen LogP contribution in [0.1, 0.15) is 6.92 Å². The molecule has 0 saturated heterocycles. The zero-order valence-electron chi connectivity index (χ0n) is 7.65. The lowest BCUT2D eigenvalue weighted by molar-refractivity contribution is -0.137. The van der Waals surface area contributed by atoms with Gasteiger partial charge in [0.05, 0.1) is 15.3 Å². The lowest BCUT2D eigenvalue weighted by Gasteiger charge is -2.32. The van der Waals surface area contributed by atoms with Crippen LogP contribution in [0.2, 0.25) is 0 Å². The molecule has 6 heteroatoms. The van der Waals surface area contributed by atoms with Crippen LogP contribution >= 0.6 is 27.5 Å². The highest BCUT2D eigenvalue weighted by molar-refractivity contribution is 9.09. The summed E-state index contributed by atoms with van der Waals surface area (Å²) in [6, 6.07) is 0. The van der Waals surface area contributed by atoms with Crippen LogP contribution in [0.3, 0.4) is 0 Å². The third-order valence-corrected chi connectivity index (χ3v) is 4.46. The van der Waals surface area contributed by atoms with E-state index in [0.717, 1.165) is 0 Å². The Balaban J connectivity index is 2.58. The van der Waals surface area contributed by atoms with Crippen molar-refractivity contribution in [3.63, 3.8) is 0 Å². The quantitative estimate of drug-likeness (QED) is 0.683. The fourth-order valence-corrected chi connectivity index (χ4v) is 2.42. The van der Waals surface area contributed by atoms with Crippen molar-refractivity contribution in [3.05, 3.63) is 23.4 Å². The summed E-state index contributed by atoms with van der Waals surface area (Å²) in [5.74, 6) is -4.84. The van der Waals surface area contributed by atoms with E-state index in [9.17, 15) is 13.6 Å². The minimum Gasteiger partial charge on any atom is -0.320 e. The molecule has 0 spiro atoms. The smallest absolute Gasteiger partial charge is 0.320 e. The number of alkyl halides is 4. The van der Waals surface area contributed by atoms with E-state index in [1.165, 1.54) is 13.0 Å². The molecule has 15 heavy (non-hydrogen) atoms. The van der Waals surface area contributed by atoms with Gasteiger partial charge in [0.25, 0.3) is 5.91 Å². The molecular formula is C9H7BrClF2NO. The molecule has 1 heterocycles. The number of rotatable bonds is 0. The third kappa shape index (κ3) is 1.36. The summed E-state index contributed by atoms with van der Waals surface area (Å²) in [6.07, 6.45) is 3.07. The van der Waals surface area contributed by atoms with E-state index < -0.39 is 21.5 Å². The standard InChI is InChI=1S/C9H7BrClF2NO/c1-8(11)5(10)3-2-4-6(8)9(12,13)7(15)14-4/h2-3,5H,1H3,(H,14,15). The van der Waals surface area contributed by atoms with Gasteiger partial charge < -0.3 is 5.32 Å². The number of carbonyl (C=O) groups excluding carboxylic acids is 1. The van der Waals surface area contributed by atoms with Crippen molar-refractivity contribution >= 4 is 33.4 Å². The van der Waals surface area contributed by atoms with Crippen molar-refractivity contribution < 1.29 is 13.6 Å². The fraction of sp³-hybridized carbons (Fsp3) is 0.444. The van der Waals surface area contributed by atoms with Crippen LogP contribution in [0.5, 0.6) is 0 Å². The topological polar surface area (TPSA) is 29.1 Å². The predicted octanol–water partition coefficient (Wildman–Crippen LogP) is 2.34. The van der Waals surface area contributed by atoms with E-state index >= 15 is 0 Å². The highest BCUT2D eigenvalue weighted by atomic mass is 79.9. The van der Waals surface area contributed by atoms with Gasteiger partial charge in [-0.3, -0.25) is 4.79 Å². The van der Waals surface area contributed by atoms with Gasteiger partial charge in [-0.15, -0.1) is 11.6 Å². The molecule has 2 aliphatic rings. The van der Waals surface area contributed by atoms with Crippen LogP contribution in [-0.2, 0) is 4.79 Å². The van der Waals surface area contributed by atoms with E-state index in [2.05, 4.69) is 21.2 Å². The Bertz CT molecular complexity index is 403. The molecule has 1 aliphatic heterocycles. The first-order chi connectivity index (χ1) is 6.78. The molecule has 2 nitrogen and oxygen atoms in total. The normalized spacial score (nSPS) is 37.9. The second-order valence-corrected chi connectivity index (χ2v) is 5.43. The zero-order chi connectivity index (χ0) is 11.4. The van der Waals surface area contributed by atoms with Gasteiger partial charge in [0.1, 0.15) is 0 Å². The molecule has 2 unspecified atom stereocenters. The van der Waals surface area contributed by atoms with Gasteiger partial charge in [-0.2, -0.15) is 8.78 Å². The molecule has 0 saturated carbocycles. The van der Waals surface area contributed by atoms with Gasteiger partial charge in [-0.25, -0.2) is 0 Å². The number of allylic oxidation sites excluding steroid dienone is 2. The molecule has 1 N–H and O–H groups in total. The van der Waals surface area contributed by atoms with Gasteiger partial charge in [-0.05, 0) is 13.0 Å². The summed E-state index contributed by atoms with van der Waals surface area (Å²) in [4.78, 5) is 9.32. The van der Waals surface area contributed by atoms with E-state index in [1.54, 1.807) is 6.08 Å². The Morgan fingerprint density at radius 2 is 2.20 bits per heavy atom. The van der Waals surface area contributed by atoms with Crippen molar-refractivity contribution in [2.24, 2.45) is 0 Å². The Kier molecular flexibility index (Phi) is 2.25. The first-order valence-corrected chi connectivity index (χ1v) is 5.53. The summed E-state index contributed by atoms with van der Waals surface area (Å²) in [7, 11) is 0. The van der Waals surface area contributed by atoms with Crippen LogP contribution in [-0.4, -0.2) is 21.5 Å². The predicted molar refractivity (Wildman–Crippen MR) is 56.2 cm³/mol. The van der Waals surface area contributed by atoms with Crippen molar-refractivity contribution in [2.45, 2.75) is 22.5 Å². The van der Waals surface area contributed by atoms with Gasteiger partial charge in [0.2, 0.25) is 0 Å². The van der Waals surface area contributed by atoms with Crippen LogP contribution in [0.25, 0.3) is 0 Å². The van der Waals surface area contributed by atoms with E-state index in [1.807, 2.05) is 0 Å². The fourth-order valence-electron chi connectivity index (χ4n) is 1.74. The maximum Gasteiger partial charge on any atom is 0.350 e. The van der Waals surface area contributed by atoms with Gasteiger partial charge in [-0.1, -0.05) is 22.0 Å². The van der Waals surface area contributed by atoms with E-state index in [0.29, 0.717) is 0 Å². The highest BCUT2D eigenvalue weighted by Gasteiger charge is 2.58. The molecule has 0 aromatic carbocycles. The van der Waals surface area contributed by atoms with E-state index in [4.69, 9.17) is 11.6 Å². The lowest BCUT2D eigenvalue weighted by atomic mass is 9.88. The Labute approximate surface area is 98.5 Å². The van der Waals surface area contributed by atoms with Crippen molar-refractivity contribution in [1.29, 1.82) is 0 Å². The van der Waals surface area contributed by atoms with Crippen molar-refractivity contribution in [1.82, 2.24) is 5.32 Å². The SMILES string of the molecule is CC1(Cl)C2=C(C=CC1Br)NC(=O)C2(F)F. The van der Waals surface area contributed by atoms with Gasteiger partial charge in [0, 0.05) is 5.70 Å². The van der Waals surface area contributed by atoms with Gasteiger partial charge in [0.15, 0.2) is 0 Å². The van der Waals surface area contributed by atoms with Gasteiger partial charge >= 0.3 is 5.92 Å². The van der Waals surface area contributed by atoms with Crippen molar-refractivity contribution in [2.75, 3.05) is 0 Å². The van der Waals surface area contributed by atoms with Crippen molar-refractivity contribution in [3.8, 4) is 0 Å². The average molecular weight is 299 g/mol. The van der Waals surface area contributed by atoms with Crippen LogP contribution in [0.15, 0.2) is 23.4 Å². The first kappa shape index (κ1) is 11.1. The second-order valence-electron chi connectivity index (χ2n) is 3.65. The minimum absolute atomic E-state index is 0.109. The Morgan fingerprint density at radius 3 is 2.80 bits per heavy atom. The molecule has 0 fully saturated rings. The summed E-state index contributed by atoms with van der Waals surface area (Å²) in [5, 5.41) is 2.12. The number of carbonyl (C=O) groups is 1. The maximum atomic E-state index is 13.5. The lowest BCUT2D eigenvalue weighted by Crippen LogP contribution is -2.42. The molecule has 2 atom stereocenters. The largest absolute Gasteiger partial charge is 0.350 e. The molecule has 0 aromatic heterocycles. The first-order valence-electron chi connectivity index (χ1n) is 4.23. The zero-order valence-corrected chi connectivity index (χ0v) is 9.99. The summed E-state index contributed by atoms with van der Waals surface area (Å²) in [5.41, 5.74) is -0.246. The number of amides is 1. The van der Waals surface area contributed by atoms with Crippen LogP contribution < -0.4 is 5.32 Å². The molecule has 0 aromatic rings. The summed E-state index contributed by atoms with van der Waals surface area (Å²) < 4.78 is 27.1. The van der Waals surface area contributed by atoms with Crippen LogP contribution in [0.4, 0.5) is 8.78 Å². The molecule has 82 valence electrons. The number of hydrogen-bond donors (Lipinski definition) is 1. The molecule has 2 rings (SSSR count). The average Bonchev–Trinajstić information content (AvgIpc) is 2.32. The number of halogens is 4. The molecule has 0 radical (unpaired) electrons. The monoisotopic (exact) mass is 297 g/mol. The third-order valence-electron chi connectivity index (χ3n) is 2.56. The molecule has 0 bridgehead atoms. The highest BCUT2D eigenvalue weighted by Crippen LogP contribution is 2.48. The Morgan fingerprint density at radius 1 is 1.60 bits per heavy atom. The second kappa shape index (κ2) is 3.04. The number of nitrogens with one attached hydrogen (secondary N) is 1. The molecule has 1 aliphatic carbocycles. The molecular weight excluding hydrogens is 291 g/mol. The van der Waals surface area contributed by atoms with Crippen LogP contribution in [0, 0.1) is 0 Å². The summed E-state index contributed by atoms with van der Waals surface area (Å²) in [6.45, 7) is 1.46. The Hall–Kier alpha value is -0.420. The maximum absolute atomic E-state index is 13.5. The van der Waals surface area contributed by atoms with E-state index in [-0.39, 0.29) is 11.3 Å². The number of hydrogen-bond acceptors (Lipinski definition) is 1.